The van der Waals surface area contributed by atoms with Crippen molar-refractivity contribution < 1.29 is 4.74 Å². The summed E-state index contributed by atoms with van der Waals surface area (Å²) >= 11 is 6.43. The molecule has 0 radical (unpaired) electrons. The molecule has 1 aliphatic rings. The highest BCUT2D eigenvalue weighted by molar-refractivity contribution is 6.30. The van der Waals surface area contributed by atoms with Gasteiger partial charge in [-0.3, -0.25) is 4.68 Å². The zero-order valence-corrected chi connectivity index (χ0v) is 18.4. The Hall–Kier alpha value is -2.31. The van der Waals surface area contributed by atoms with Gasteiger partial charge in [-0.2, -0.15) is 10.2 Å². The zero-order valence-electron chi connectivity index (χ0n) is 17.7. The third-order valence-corrected chi connectivity index (χ3v) is 6.26. The molecule has 1 aromatic carbocycles. The van der Waals surface area contributed by atoms with E-state index in [9.17, 15) is 0 Å². The third-order valence-electron chi connectivity index (χ3n) is 5.79. The number of nitrogens with zero attached hydrogens (tertiary/aromatic N) is 4. The van der Waals surface area contributed by atoms with Crippen molar-refractivity contribution in [2.24, 2.45) is 12.5 Å². The number of hydrogen-bond acceptors (Lipinski definition) is 4. The average Bonchev–Trinajstić information content (AvgIpc) is 3.20. The van der Waals surface area contributed by atoms with Gasteiger partial charge in [0.25, 0.3) is 0 Å². The maximum absolute atomic E-state index is 6.43. The number of rotatable bonds is 5. The fraction of sp³-hybridized carbons (Fsp3) is 0.455. The second-order valence-corrected chi connectivity index (χ2v) is 8.97. The molecule has 6 nitrogen and oxygen atoms in total. The Kier molecular flexibility index (Phi) is 5.17. The predicted octanol–water partition coefficient (Wildman–Crippen LogP) is 4.38. The molecule has 1 N–H and O–H groups in total. The second kappa shape index (κ2) is 7.50. The fourth-order valence-corrected chi connectivity index (χ4v) is 4.51. The Morgan fingerprint density at radius 2 is 2.00 bits per heavy atom. The van der Waals surface area contributed by atoms with Crippen molar-refractivity contribution in [1.29, 1.82) is 0 Å². The van der Waals surface area contributed by atoms with Crippen LogP contribution >= 0.6 is 11.6 Å². The summed E-state index contributed by atoms with van der Waals surface area (Å²) in [6.07, 6.45) is 4.04. The molecule has 0 saturated heterocycles. The predicted molar refractivity (Wildman–Crippen MR) is 115 cm³/mol. The molecule has 0 amide bonds. The number of benzene rings is 1. The van der Waals surface area contributed by atoms with Gasteiger partial charge in [-0.1, -0.05) is 25.4 Å². The van der Waals surface area contributed by atoms with Crippen LogP contribution in [0.15, 0.2) is 30.5 Å². The quantitative estimate of drug-likeness (QED) is 0.674. The molecular formula is C22H28ClN5O. The first-order valence-electron chi connectivity index (χ1n) is 9.91. The van der Waals surface area contributed by atoms with Gasteiger partial charge in [-0.05, 0) is 49.4 Å². The Balaban J connectivity index is 1.63. The molecule has 3 aromatic rings. The summed E-state index contributed by atoms with van der Waals surface area (Å²) < 4.78 is 9.08. The number of halogens is 1. The molecule has 0 fully saturated rings. The summed E-state index contributed by atoms with van der Waals surface area (Å²) in [7, 11) is 3.55. The van der Waals surface area contributed by atoms with Crippen LogP contribution in [0.5, 0.6) is 5.75 Å². The normalized spacial score (nSPS) is 17.9. The molecule has 0 spiro atoms. The van der Waals surface area contributed by atoms with Crippen LogP contribution in [0.4, 0.5) is 0 Å². The summed E-state index contributed by atoms with van der Waals surface area (Å²) in [6.45, 7) is 7.32. The SMILES string of the molecule is COc1ccc(-n2ncc3c2CC(C)(C)CC3NCc2c(C)nn(C)c2Cl)cc1. The van der Waals surface area contributed by atoms with Gasteiger partial charge in [0, 0.05) is 36.5 Å². The lowest BCUT2D eigenvalue weighted by molar-refractivity contribution is 0.252. The van der Waals surface area contributed by atoms with E-state index in [1.54, 1.807) is 11.8 Å². The van der Waals surface area contributed by atoms with Gasteiger partial charge >= 0.3 is 0 Å². The van der Waals surface area contributed by atoms with Crippen molar-refractivity contribution in [3.63, 3.8) is 0 Å². The van der Waals surface area contributed by atoms with Gasteiger partial charge in [0.15, 0.2) is 0 Å². The average molecular weight is 414 g/mol. The van der Waals surface area contributed by atoms with Crippen LogP contribution in [0.1, 0.15) is 48.8 Å². The Morgan fingerprint density at radius 1 is 1.28 bits per heavy atom. The van der Waals surface area contributed by atoms with Crippen LogP contribution in [0.2, 0.25) is 5.15 Å². The minimum absolute atomic E-state index is 0.169. The number of hydrogen-bond donors (Lipinski definition) is 1. The molecule has 29 heavy (non-hydrogen) atoms. The molecule has 154 valence electrons. The molecule has 0 saturated carbocycles. The van der Waals surface area contributed by atoms with E-state index < -0.39 is 0 Å². The molecule has 2 heterocycles. The molecule has 1 unspecified atom stereocenters. The minimum atomic E-state index is 0.169. The van der Waals surface area contributed by atoms with Crippen molar-refractivity contribution in [1.82, 2.24) is 24.9 Å². The highest BCUT2D eigenvalue weighted by atomic mass is 35.5. The number of nitrogens with one attached hydrogen (secondary N) is 1. The summed E-state index contributed by atoms with van der Waals surface area (Å²) in [4.78, 5) is 0. The molecule has 1 aliphatic carbocycles. The number of ether oxygens (including phenoxy) is 1. The first-order chi connectivity index (χ1) is 13.8. The van der Waals surface area contributed by atoms with Crippen molar-refractivity contribution in [2.45, 2.75) is 46.2 Å². The first-order valence-corrected chi connectivity index (χ1v) is 10.3. The molecule has 2 aromatic heterocycles. The third kappa shape index (κ3) is 3.79. The van der Waals surface area contributed by atoms with Gasteiger partial charge in [0.1, 0.15) is 10.9 Å². The Bertz CT molecular complexity index is 1020. The maximum atomic E-state index is 6.43. The second-order valence-electron chi connectivity index (χ2n) is 8.61. The van der Waals surface area contributed by atoms with E-state index in [1.807, 2.05) is 32.3 Å². The van der Waals surface area contributed by atoms with Gasteiger partial charge in [-0.25, -0.2) is 4.68 Å². The van der Waals surface area contributed by atoms with E-state index in [2.05, 4.69) is 41.1 Å². The monoisotopic (exact) mass is 413 g/mol. The number of aryl methyl sites for hydroxylation is 2. The topological polar surface area (TPSA) is 56.9 Å². The molecule has 4 rings (SSSR count). The van der Waals surface area contributed by atoms with Gasteiger partial charge in [-0.15, -0.1) is 0 Å². The van der Waals surface area contributed by atoms with E-state index in [-0.39, 0.29) is 11.5 Å². The zero-order chi connectivity index (χ0) is 20.8. The lowest BCUT2D eigenvalue weighted by Gasteiger charge is -2.36. The van der Waals surface area contributed by atoms with E-state index in [4.69, 9.17) is 21.4 Å². The van der Waals surface area contributed by atoms with Gasteiger partial charge < -0.3 is 10.1 Å². The summed E-state index contributed by atoms with van der Waals surface area (Å²) in [5.74, 6) is 0.846. The van der Waals surface area contributed by atoms with Crippen LogP contribution in [-0.2, 0) is 20.0 Å². The minimum Gasteiger partial charge on any atom is -0.497 e. The van der Waals surface area contributed by atoms with E-state index in [1.165, 1.54) is 11.3 Å². The summed E-state index contributed by atoms with van der Waals surface area (Å²) in [5.41, 5.74) is 5.77. The van der Waals surface area contributed by atoms with Gasteiger partial charge in [0.05, 0.1) is 24.7 Å². The lowest BCUT2D eigenvalue weighted by Crippen LogP contribution is -2.33. The van der Waals surface area contributed by atoms with Gasteiger partial charge in [0.2, 0.25) is 0 Å². The standard InChI is InChI=1S/C22H28ClN5O/c1-14-17(21(23)27(4)26-14)12-24-19-10-22(2,3)11-20-18(19)13-25-28(20)15-6-8-16(29-5)9-7-15/h6-9,13,19,24H,10-12H2,1-5H3. The number of fused-ring (bicyclic) bond motifs is 1. The summed E-state index contributed by atoms with van der Waals surface area (Å²) in [6, 6.07) is 8.26. The summed E-state index contributed by atoms with van der Waals surface area (Å²) in [5, 5.41) is 13.6. The molecule has 7 heteroatoms. The van der Waals surface area contributed by atoms with Crippen LogP contribution < -0.4 is 10.1 Å². The number of aromatic nitrogens is 4. The maximum Gasteiger partial charge on any atom is 0.131 e. The van der Waals surface area contributed by atoms with E-state index in [0.29, 0.717) is 11.7 Å². The lowest BCUT2D eigenvalue weighted by atomic mass is 9.74. The molecule has 1 atom stereocenters. The molecule has 0 bridgehead atoms. The molecular weight excluding hydrogens is 386 g/mol. The highest BCUT2D eigenvalue weighted by Gasteiger charge is 2.35. The van der Waals surface area contributed by atoms with E-state index >= 15 is 0 Å². The Morgan fingerprint density at radius 3 is 2.62 bits per heavy atom. The van der Waals surface area contributed by atoms with Crippen molar-refractivity contribution in [3.05, 3.63) is 58.1 Å². The van der Waals surface area contributed by atoms with Crippen molar-refractivity contribution in [3.8, 4) is 11.4 Å². The van der Waals surface area contributed by atoms with Crippen LogP contribution in [0.3, 0.4) is 0 Å². The smallest absolute Gasteiger partial charge is 0.131 e. The highest BCUT2D eigenvalue weighted by Crippen LogP contribution is 2.41. The first kappa shape index (κ1) is 20.0. The van der Waals surface area contributed by atoms with E-state index in [0.717, 1.165) is 35.5 Å². The Labute approximate surface area is 176 Å². The van der Waals surface area contributed by atoms with Crippen LogP contribution in [0, 0.1) is 12.3 Å². The fourth-order valence-electron chi connectivity index (χ4n) is 4.27. The van der Waals surface area contributed by atoms with Crippen molar-refractivity contribution >= 4 is 11.6 Å². The largest absolute Gasteiger partial charge is 0.497 e. The van der Waals surface area contributed by atoms with Crippen LogP contribution in [-0.4, -0.2) is 26.7 Å². The van der Waals surface area contributed by atoms with Crippen molar-refractivity contribution in [2.75, 3.05) is 7.11 Å². The van der Waals surface area contributed by atoms with Crippen LogP contribution in [0.25, 0.3) is 5.69 Å². The number of methoxy groups -OCH3 is 1. The molecule has 0 aliphatic heterocycles.